The van der Waals surface area contributed by atoms with Crippen molar-refractivity contribution in [1.82, 2.24) is 4.98 Å². The summed E-state index contributed by atoms with van der Waals surface area (Å²) in [5.74, 6) is 0. The Hall–Kier alpha value is -3.21. The number of nitrogens with zero attached hydrogens (tertiary/aromatic N) is 3. The SMILES string of the molecule is N#C/C(=C/c1ccc([N+](=O)[O-])cc1)c1ccc(C(F)(F)F)cn1. The van der Waals surface area contributed by atoms with Gasteiger partial charge in [-0.25, -0.2) is 0 Å². The number of nitriles is 1. The number of aromatic nitrogens is 1. The summed E-state index contributed by atoms with van der Waals surface area (Å²) in [5, 5.41) is 19.7. The highest BCUT2D eigenvalue weighted by Gasteiger charge is 2.30. The number of non-ortho nitro benzene ring substituents is 1. The summed E-state index contributed by atoms with van der Waals surface area (Å²) in [5.41, 5.74) is -0.387. The van der Waals surface area contributed by atoms with Gasteiger partial charge in [0.15, 0.2) is 0 Å². The number of halogens is 3. The van der Waals surface area contributed by atoms with Crippen molar-refractivity contribution >= 4 is 17.3 Å². The first-order valence-electron chi connectivity index (χ1n) is 6.21. The van der Waals surface area contributed by atoms with Crippen LogP contribution in [0, 0.1) is 21.4 Å². The van der Waals surface area contributed by atoms with Crippen molar-refractivity contribution in [2.24, 2.45) is 0 Å². The second-order valence-electron chi connectivity index (χ2n) is 4.45. The molecule has 0 unspecified atom stereocenters. The fourth-order valence-corrected chi connectivity index (χ4v) is 1.74. The third-order valence-corrected chi connectivity index (χ3v) is 2.90. The normalized spacial score (nSPS) is 11.8. The molecule has 1 aromatic carbocycles. The molecule has 23 heavy (non-hydrogen) atoms. The number of hydrogen-bond acceptors (Lipinski definition) is 4. The molecule has 0 atom stereocenters. The summed E-state index contributed by atoms with van der Waals surface area (Å²) in [7, 11) is 0. The number of benzene rings is 1. The molecule has 1 aromatic heterocycles. The number of hydrogen-bond donors (Lipinski definition) is 0. The van der Waals surface area contributed by atoms with E-state index in [1.54, 1.807) is 0 Å². The van der Waals surface area contributed by atoms with Crippen molar-refractivity contribution in [3.05, 3.63) is 69.5 Å². The summed E-state index contributed by atoms with van der Waals surface area (Å²) >= 11 is 0. The van der Waals surface area contributed by atoms with E-state index in [0.29, 0.717) is 11.8 Å². The lowest BCUT2D eigenvalue weighted by Crippen LogP contribution is -2.05. The zero-order valence-corrected chi connectivity index (χ0v) is 11.4. The molecule has 2 rings (SSSR count). The Morgan fingerprint density at radius 1 is 1.22 bits per heavy atom. The molecule has 0 amide bonds. The van der Waals surface area contributed by atoms with Gasteiger partial charge in [-0.2, -0.15) is 18.4 Å². The van der Waals surface area contributed by atoms with Crippen molar-refractivity contribution in [3.8, 4) is 6.07 Å². The molecule has 0 spiro atoms. The number of alkyl halides is 3. The highest BCUT2D eigenvalue weighted by Crippen LogP contribution is 2.29. The maximum atomic E-state index is 12.5. The van der Waals surface area contributed by atoms with Crippen LogP contribution in [0.25, 0.3) is 11.6 Å². The third-order valence-electron chi connectivity index (χ3n) is 2.90. The van der Waals surface area contributed by atoms with Crippen molar-refractivity contribution in [2.75, 3.05) is 0 Å². The summed E-state index contributed by atoms with van der Waals surface area (Å²) in [6.45, 7) is 0. The quantitative estimate of drug-likeness (QED) is 0.485. The Morgan fingerprint density at radius 3 is 2.30 bits per heavy atom. The number of pyridine rings is 1. The number of rotatable bonds is 3. The zero-order chi connectivity index (χ0) is 17.0. The Morgan fingerprint density at radius 2 is 1.87 bits per heavy atom. The first kappa shape index (κ1) is 16.2. The van der Waals surface area contributed by atoms with Gasteiger partial charge in [-0.3, -0.25) is 15.1 Å². The minimum absolute atomic E-state index is 0.0487. The van der Waals surface area contributed by atoms with Gasteiger partial charge in [0.25, 0.3) is 5.69 Å². The van der Waals surface area contributed by atoms with E-state index in [4.69, 9.17) is 5.26 Å². The zero-order valence-electron chi connectivity index (χ0n) is 11.4. The molecule has 0 aliphatic carbocycles. The van der Waals surface area contributed by atoms with Gasteiger partial charge in [-0.05, 0) is 35.9 Å². The lowest BCUT2D eigenvalue weighted by Gasteiger charge is -2.06. The van der Waals surface area contributed by atoms with Crippen molar-refractivity contribution < 1.29 is 18.1 Å². The van der Waals surface area contributed by atoms with Gasteiger partial charge in [0.05, 0.1) is 21.8 Å². The number of allylic oxidation sites excluding steroid dienone is 1. The minimum atomic E-state index is -4.50. The molecule has 0 fully saturated rings. The van der Waals surface area contributed by atoms with E-state index in [2.05, 4.69) is 4.98 Å². The molecule has 0 saturated heterocycles. The molecule has 0 radical (unpaired) electrons. The van der Waals surface area contributed by atoms with Crippen LogP contribution >= 0.6 is 0 Å². The summed E-state index contributed by atoms with van der Waals surface area (Å²) in [6.07, 6.45) is -2.46. The topological polar surface area (TPSA) is 79.8 Å². The van der Waals surface area contributed by atoms with Crippen LogP contribution in [-0.4, -0.2) is 9.91 Å². The van der Waals surface area contributed by atoms with E-state index in [0.717, 1.165) is 12.1 Å². The van der Waals surface area contributed by atoms with Crippen LogP contribution in [0.3, 0.4) is 0 Å². The average Bonchev–Trinajstić information content (AvgIpc) is 2.52. The molecular formula is C15H8F3N3O2. The average molecular weight is 319 g/mol. The van der Waals surface area contributed by atoms with Gasteiger partial charge in [0.1, 0.15) is 6.07 Å². The summed E-state index contributed by atoms with van der Waals surface area (Å²) in [6, 6.07) is 9.17. The predicted octanol–water partition coefficient (Wildman–Crippen LogP) is 4.07. The Balaban J connectivity index is 2.32. The van der Waals surface area contributed by atoms with Crippen LogP contribution in [0.5, 0.6) is 0 Å². The molecule has 0 bridgehead atoms. The van der Waals surface area contributed by atoms with Crippen molar-refractivity contribution in [2.45, 2.75) is 6.18 Å². The molecule has 1 heterocycles. The van der Waals surface area contributed by atoms with E-state index in [1.807, 2.05) is 6.07 Å². The monoisotopic (exact) mass is 319 g/mol. The van der Waals surface area contributed by atoms with Gasteiger partial charge >= 0.3 is 6.18 Å². The predicted molar refractivity (Wildman–Crippen MR) is 75.8 cm³/mol. The van der Waals surface area contributed by atoms with Crippen LogP contribution in [0.1, 0.15) is 16.8 Å². The van der Waals surface area contributed by atoms with Crippen molar-refractivity contribution in [1.29, 1.82) is 5.26 Å². The number of nitro groups is 1. The molecule has 0 N–H and O–H groups in total. The van der Waals surface area contributed by atoms with Crippen LogP contribution in [0.4, 0.5) is 18.9 Å². The fourth-order valence-electron chi connectivity index (χ4n) is 1.74. The van der Waals surface area contributed by atoms with Crippen LogP contribution < -0.4 is 0 Å². The van der Waals surface area contributed by atoms with Gasteiger partial charge in [-0.15, -0.1) is 0 Å². The maximum absolute atomic E-state index is 12.5. The van der Waals surface area contributed by atoms with Crippen molar-refractivity contribution in [3.63, 3.8) is 0 Å². The third kappa shape index (κ3) is 3.91. The Kier molecular flexibility index (Phi) is 4.41. The van der Waals surface area contributed by atoms with Gasteiger partial charge in [0, 0.05) is 18.3 Å². The first-order chi connectivity index (χ1) is 10.8. The summed E-state index contributed by atoms with van der Waals surface area (Å²) < 4.78 is 37.4. The second-order valence-corrected chi connectivity index (χ2v) is 4.45. The van der Waals surface area contributed by atoms with E-state index in [9.17, 15) is 23.3 Å². The van der Waals surface area contributed by atoms with E-state index >= 15 is 0 Å². The smallest absolute Gasteiger partial charge is 0.258 e. The van der Waals surface area contributed by atoms with Crippen LogP contribution in [0.2, 0.25) is 0 Å². The lowest BCUT2D eigenvalue weighted by molar-refractivity contribution is -0.384. The Bertz CT molecular complexity index is 789. The number of nitro benzene ring substituents is 1. The van der Waals surface area contributed by atoms with E-state index in [-0.39, 0.29) is 17.0 Å². The molecule has 8 heteroatoms. The molecular weight excluding hydrogens is 311 g/mol. The van der Waals surface area contributed by atoms with E-state index in [1.165, 1.54) is 30.3 Å². The van der Waals surface area contributed by atoms with Gasteiger partial charge in [0.2, 0.25) is 0 Å². The van der Waals surface area contributed by atoms with Gasteiger partial charge in [-0.1, -0.05) is 0 Å². The van der Waals surface area contributed by atoms with Crippen LogP contribution in [-0.2, 0) is 6.18 Å². The summed E-state index contributed by atoms with van der Waals surface area (Å²) in [4.78, 5) is 13.6. The van der Waals surface area contributed by atoms with Crippen LogP contribution in [0.15, 0.2) is 42.6 Å². The molecule has 0 saturated carbocycles. The second kappa shape index (κ2) is 6.27. The molecule has 5 nitrogen and oxygen atoms in total. The van der Waals surface area contributed by atoms with E-state index < -0.39 is 16.7 Å². The lowest BCUT2D eigenvalue weighted by atomic mass is 10.1. The Labute approximate surface area is 128 Å². The minimum Gasteiger partial charge on any atom is -0.258 e. The standard InChI is InChI=1S/C15H8F3N3O2/c16-15(17,18)12-3-6-14(20-9-12)11(8-19)7-10-1-4-13(5-2-10)21(22)23/h1-7,9H/b11-7-. The maximum Gasteiger partial charge on any atom is 0.417 e. The molecule has 0 aliphatic heterocycles. The van der Waals surface area contributed by atoms with Gasteiger partial charge < -0.3 is 0 Å². The highest BCUT2D eigenvalue weighted by molar-refractivity contribution is 5.88. The highest BCUT2D eigenvalue weighted by atomic mass is 19.4. The molecule has 0 aliphatic rings. The molecule has 116 valence electrons. The fraction of sp³-hybridized carbons (Fsp3) is 0.0667. The largest absolute Gasteiger partial charge is 0.417 e. The molecule has 2 aromatic rings. The first-order valence-corrected chi connectivity index (χ1v) is 6.21.